The summed E-state index contributed by atoms with van der Waals surface area (Å²) in [6.45, 7) is 4.68. The average molecular weight is 495 g/mol. The van der Waals surface area contributed by atoms with Crippen LogP contribution in [0.2, 0.25) is 5.02 Å². The summed E-state index contributed by atoms with van der Waals surface area (Å²) >= 11 is 6.50. The van der Waals surface area contributed by atoms with E-state index >= 15 is 0 Å². The van der Waals surface area contributed by atoms with Crippen molar-refractivity contribution < 1.29 is 9.32 Å². The zero-order valence-electron chi connectivity index (χ0n) is 19.8. The molecule has 4 heterocycles. The molecule has 8 nitrogen and oxygen atoms in total. The lowest BCUT2D eigenvalue weighted by molar-refractivity contribution is -0.122. The monoisotopic (exact) mass is 494 g/mol. The van der Waals surface area contributed by atoms with Crippen molar-refractivity contribution in [2.75, 3.05) is 39.3 Å². The smallest absolute Gasteiger partial charge is 0.234 e. The zero-order chi connectivity index (χ0) is 24.0. The Balaban J connectivity index is 1.12. The minimum atomic E-state index is 0.0509. The lowest BCUT2D eigenvalue weighted by Gasteiger charge is -2.31. The number of hydrogen-bond donors (Lipinski definition) is 1. The average Bonchev–Trinajstić information content (AvgIpc) is 3.59. The predicted molar refractivity (Wildman–Crippen MR) is 134 cm³/mol. The van der Waals surface area contributed by atoms with Crippen molar-refractivity contribution in [3.63, 3.8) is 0 Å². The molecule has 0 aliphatic carbocycles. The Kier molecular flexibility index (Phi) is 7.71. The van der Waals surface area contributed by atoms with Gasteiger partial charge >= 0.3 is 0 Å². The van der Waals surface area contributed by atoms with Crippen LogP contribution in [-0.2, 0) is 4.79 Å². The fourth-order valence-corrected chi connectivity index (χ4v) is 5.30. The number of carbonyl (C=O) groups excluding carboxylic acids is 1. The first kappa shape index (κ1) is 23.9. The van der Waals surface area contributed by atoms with Gasteiger partial charge in [0, 0.05) is 23.7 Å². The van der Waals surface area contributed by atoms with E-state index in [1.807, 2.05) is 36.4 Å². The maximum Gasteiger partial charge on any atom is 0.234 e. The first-order valence-electron chi connectivity index (χ1n) is 12.4. The number of amides is 1. The molecule has 1 amide bonds. The molecule has 1 atom stereocenters. The Morgan fingerprint density at radius 1 is 1.09 bits per heavy atom. The lowest BCUT2D eigenvalue weighted by atomic mass is 9.97. The number of nitrogens with zero attached hydrogens (tertiary/aromatic N) is 5. The predicted octanol–water partition coefficient (Wildman–Crippen LogP) is 3.92. The molecule has 2 aliphatic rings. The number of benzene rings is 1. The second-order valence-electron chi connectivity index (χ2n) is 9.31. The Labute approximate surface area is 210 Å². The van der Waals surface area contributed by atoms with E-state index in [2.05, 4.69) is 36.3 Å². The number of likely N-dealkylation sites (tertiary alicyclic amines) is 2. The molecule has 184 valence electrons. The van der Waals surface area contributed by atoms with Gasteiger partial charge in [0.1, 0.15) is 5.69 Å². The number of halogens is 1. The van der Waals surface area contributed by atoms with Crippen molar-refractivity contribution in [1.82, 2.24) is 30.2 Å². The third-order valence-corrected chi connectivity index (χ3v) is 7.32. The second kappa shape index (κ2) is 11.3. The van der Waals surface area contributed by atoms with Crippen molar-refractivity contribution in [3.05, 3.63) is 65.1 Å². The van der Waals surface area contributed by atoms with E-state index in [4.69, 9.17) is 16.1 Å². The van der Waals surface area contributed by atoms with E-state index in [1.165, 1.54) is 12.8 Å². The molecule has 2 aliphatic heterocycles. The molecule has 1 aromatic carbocycles. The molecule has 1 unspecified atom stereocenters. The highest BCUT2D eigenvalue weighted by atomic mass is 35.5. The summed E-state index contributed by atoms with van der Waals surface area (Å²) in [4.78, 5) is 26.3. The Morgan fingerprint density at radius 3 is 2.60 bits per heavy atom. The number of pyridine rings is 1. The third-order valence-electron chi connectivity index (χ3n) is 6.98. The van der Waals surface area contributed by atoms with Crippen LogP contribution in [0.15, 0.2) is 53.2 Å². The maximum atomic E-state index is 12.8. The van der Waals surface area contributed by atoms with Crippen LogP contribution in [0.1, 0.15) is 49.1 Å². The number of aromatic nitrogens is 3. The van der Waals surface area contributed by atoms with Crippen molar-refractivity contribution in [2.45, 2.75) is 37.6 Å². The first-order chi connectivity index (χ1) is 17.2. The van der Waals surface area contributed by atoms with Gasteiger partial charge in [0.15, 0.2) is 0 Å². The molecule has 5 rings (SSSR count). The van der Waals surface area contributed by atoms with E-state index < -0.39 is 0 Å². The van der Waals surface area contributed by atoms with Gasteiger partial charge in [-0.2, -0.15) is 4.98 Å². The summed E-state index contributed by atoms with van der Waals surface area (Å²) in [5.74, 6) is 1.44. The zero-order valence-corrected chi connectivity index (χ0v) is 20.5. The second-order valence-corrected chi connectivity index (χ2v) is 9.71. The molecule has 9 heteroatoms. The van der Waals surface area contributed by atoms with Crippen LogP contribution in [0.5, 0.6) is 0 Å². The fraction of sp³-hybridized carbons (Fsp3) is 0.462. The normalized spacial score (nSPS) is 18.5. The molecule has 2 aromatic heterocycles. The van der Waals surface area contributed by atoms with Crippen molar-refractivity contribution >= 4 is 17.5 Å². The largest absolute Gasteiger partial charge is 0.353 e. The third kappa shape index (κ3) is 5.89. The molecule has 2 saturated heterocycles. The molecule has 0 radical (unpaired) electrons. The van der Waals surface area contributed by atoms with Crippen LogP contribution in [0.25, 0.3) is 11.5 Å². The Bertz CT molecular complexity index is 1110. The van der Waals surface area contributed by atoms with Gasteiger partial charge in [-0.3, -0.25) is 19.6 Å². The summed E-state index contributed by atoms with van der Waals surface area (Å²) < 4.78 is 5.53. The summed E-state index contributed by atoms with van der Waals surface area (Å²) in [5, 5.41) is 8.02. The number of carbonyl (C=O) groups is 1. The summed E-state index contributed by atoms with van der Waals surface area (Å²) in [5.41, 5.74) is 1.79. The molecule has 0 saturated carbocycles. The number of rotatable bonds is 8. The minimum absolute atomic E-state index is 0.0509. The van der Waals surface area contributed by atoms with Crippen molar-refractivity contribution in [2.24, 2.45) is 0 Å². The molecule has 0 bridgehead atoms. The van der Waals surface area contributed by atoms with Crippen molar-refractivity contribution in [1.29, 1.82) is 0 Å². The van der Waals surface area contributed by atoms with E-state index in [0.29, 0.717) is 30.5 Å². The number of piperidine rings is 1. The molecule has 3 aromatic rings. The van der Waals surface area contributed by atoms with Gasteiger partial charge in [0.2, 0.25) is 17.6 Å². The minimum Gasteiger partial charge on any atom is -0.353 e. The summed E-state index contributed by atoms with van der Waals surface area (Å²) in [6, 6.07) is 13.7. The first-order valence-corrected chi connectivity index (χ1v) is 12.8. The van der Waals surface area contributed by atoms with Gasteiger partial charge in [-0.05, 0) is 75.6 Å². The van der Waals surface area contributed by atoms with Crippen LogP contribution in [0.3, 0.4) is 0 Å². The molecule has 0 spiro atoms. The highest BCUT2D eigenvalue weighted by Gasteiger charge is 2.28. The molecular formula is C26H31ClN6O2. The van der Waals surface area contributed by atoms with Crippen molar-refractivity contribution in [3.8, 4) is 11.5 Å². The highest BCUT2D eigenvalue weighted by Crippen LogP contribution is 2.30. The van der Waals surface area contributed by atoms with E-state index in [0.717, 1.165) is 49.6 Å². The highest BCUT2D eigenvalue weighted by molar-refractivity contribution is 6.31. The van der Waals surface area contributed by atoms with Crippen LogP contribution in [-0.4, -0.2) is 70.1 Å². The lowest BCUT2D eigenvalue weighted by Crippen LogP contribution is -2.43. The molecule has 1 N–H and O–H groups in total. The summed E-state index contributed by atoms with van der Waals surface area (Å²) in [6.07, 6.45) is 5.86. The van der Waals surface area contributed by atoms with E-state index in [1.54, 1.807) is 6.20 Å². The maximum absolute atomic E-state index is 12.8. The standard InChI is InChI=1S/C26H31ClN6O2/c27-21-8-2-1-7-20(21)23(33-13-5-6-14-33)17-29-24(34)18-32-15-10-19(11-16-32)26-30-25(31-35-26)22-9-3-4-12-28-22/h1-4,7-9,12,19,23H,5-6,10-11,13-18H2,(H,29,34). The molecule has 2 fully saturated rings. The quantitative estimate of drug-likeness (QED) is 0.507. The van der Waals surface area contributed by atoms with Crippen LogP contribution in [0.4, 0.5) is 0 Å². The topological polar surface area (TPSA) is 87.4 Å². The van der Waals surface area contributed by atoms with Crippen LogP contribution < -0.4 is 5.32 Å². The van der Waals surface area contributed by atoms with Gasteiger partial charge < -0.3 is 9.84 Å². The Morgan fingerprint density at radius 2 is 1.86 bits per heavy atom. The van der Waals surface area contributed by atoms with Gasteiger partial charge in [0.05, 0.1) is 12.6 Å². The van der Waals surface area contributed by atoms with Crippen LogP contribution in [0, 0.1) is 0 Å². The van der Waals surface area contributed by atoms with Crippen LogP contribution >= 0.6 is 11.6 Å². The number of hydrogen-bond acceptors (Lipinski definition) is 7. The van der Waals surface area contributed by atoms with E-state index in [9.17, 15) is 4.79 Å². The van der Waals surface area contributed by atoms with Gasteiger partial charge in [-0.1, -0.05) is 41.0 Å². The molecular weight excluding hydrogens is 464 g/mol. The molecule has 35 heavy (non-hydrogen) atoms. The Hall–Kier alpha value is -2.81. The van der Waals surface area contributed by atoms with E-state index in [-0.39, 0.29) is 17.9 Å². The van der Waals surface area contributed by atoms with Gasteiger partial charge in [-0.25, -0.2) is 0 Å². The van der Waals surface area contributed by atoms with Gasteiger partial charge in [0.25, 0.3) is 0 Å². The SMILES string of the molecule is O=C(CN1CCC(c2nc(-c3ccccn3)no2)CC1)NCC(c1ccccc1Cl)N1CCCC1. The number of nitrogens with one attached hydrogen (secondary N) is 1. The fourth-order valence-electron chi connectivity index (χ4n) is 5.04. The van der Waals surface area contributed by atoms with Gasteiger partial charge in [-0.15, -0.1) is 0 Å². The summed E-state index contributed by atoms with van der Waals surface area (Å²) in [7, 11) is 0.